The number of carbonyl (C=O) groups excluding carboxylic acids is 1. The minimum Gasteiger partial charge on any atom is -0.383 e. The van der Waals surface area contributed by atoms with Crippen LogP contribution >= 0.6 is 0 Å². The molecule has 0 aliphatic rings. The van der Waals surface area contributed by atoms with Gasteiger partial charge >= 0.3 is 0 Å². The maximum Gasteiger partial charge on any atom is 0.224 e. The molecule has 2 N–H and O–H groups in total. The zero-order valence-electron chi connectivity index (χ0n) is 14.5. The van der Waals surface area contributed by atoms with E-state index in [0.717, 1.165) is 5.56 Å². The van der Waals surface area contributed by atoms with E-state index in [2.05, 4.69) is 15.6 Å². The molecule has 1 amide bonds. The van der Waals surface area contributed by atoms with Gasteiger partial charge in [-0.1, -0.05) is 30.3 Å². The fourth-order valence-electron chi connectivity index (χ4n) is 2.14. The van der Waals surface area contributed by atoms with E-state index in [0.29, 0.717) is 32.1 Å². The standard InChI is InChI=1S/C17H28N4O2/c1-14(13-23-4)20-17(18-2)19-11-10-16(22)21(3)12-15-8-6-5-7-9-15/h5-9,14H,10-13H2,1-4H3,(H2,18,19,20). The smallest absolute Gasteiger partial charge is 0.224 e. The number of guanidine groups is 1. The molecule has 0 bridgehead atoms. The summed E-state index contributed by atoms with van der Waals surface area (Å²) in [6, 6.07) is 10.1. The molecule has 6 heteroatoms. The summed E-state index contributed by atoms with van der Waals surface area (Å²) >= 11 is 0. The van der Waals surface area contributed by atoms with E-state index in [1.165, 1.54) is 0 Å². The summed E-state index contributed by atoms with van der Waals surface area (Å²) in [5.74, 6) is 0.773. The Labute approximate surface area is 138 Å². The lowest BCUT2D eigenvalue weighted by Gasteiger charge is -2.19. The second-order valence-corrected chi connectivity index (χ2v) is 5.49. The summed E-state index contributed by atoms with van der Waals surface area (Å²) in [6.07, 6.45) is 0.419. The maximum atomic E-state index is 12.1. The van der Waals surface area contributed by atoms with E-state index in [9.17, 15) is 4.79 Å². The first-order valence-electron chi connectivity index (χ1n) is 7.80. The van der Waals surface area contributed by atoms with Gasteiger partial charge in [-0.25, -0.2) is 0 Å². The van der Waals surface area contributed by atoms with Gasteiger partial charge < -0.3 is 20.3 Å². The van der Waals surface area contributed by atoms with E-state index in [1.54, 1.807) is 19.1 Å². The van der Waals surface area contributed by atoms with Crippen molar-refractivity contribution in [3.8, 4) is 0 Å². The molecule has 0 fully saturated rings. The molecule has 0 spiro atoms. The number of rotatable bonds is 8. The number of ether oxygens (including phenoxy) is 1. The third-order valence-electron chi connectivity index (χ3n) is 3.34. The predicted octanol–water partition coefficient (Wildman–Crippen LogP) is 1.23. The molecule has 23 heavy (non-hydrogen) atoms. The largest absolute Gasteiger partial charge is 0.383 e. The van der Waals surface area contributed by atoms with Crippen LogP contribution in [0.1, 0.15) is 18.9 Å². The number of nitrogens with zero attached hydrogens (tertiary/aromatic N) is 2. The Bertz CT molecular complexity index is 491. The van der Waals surface area contributed by atoms with Crippen molar-refractivity contribution in [2.45, 2.75) is 25.9 Å². The van der Waals surface area contributed by atoms with Crippen molar-refractivity contribution in [1.82, 2.24) is 15.5 Å². The van der Waals surface area contributed by atoms with Crippen LogP contribution in [0.15, 0.2) is 35.3 Å². The molecule has 0 saturated heterocycles. The molecule has 1 aromatic carbocycles. The van der Waals surface area contributed by atoms with Crippen molar-refractivity contribution in [3.05, 3.63) is 35.9 Å². The minimum absolute atomic E-state index is 0.0988. The third-order valence-corrected chi connectivity index (χ3v) is 3.34. The summed E-state index contributed by atoms with van der Waals surface area (Å²) in [5, 5.41) is 6.34. The Morgan fingerprint density at radius 1 is 1.35 bits per heavy atom. The van der Waals surface area contributed by atoms with E-state index in [1.807, 2.05) is 44.3 Å². The molecule has 0 aliphatic carbocycles. The van der Waals surface area contributed by atoms with Gasteiger partial charge in [-0.3, -0.25) is 9.79 Å². The number of methoxy groups -OCH3 is 1. The molecule has 6 nitrogen and oxygen atoms in total. The minimum atomic E-state index is 0.0988. The van der Waals surface area contributed by atoms with Gasteiger partial charge in [0.25, 0.3) is 0 Å². The Morgan fingerprint density at radius 3 is 2.65 bits per heavy atom. The van der Waals surface area contributed by atoms with Crippen molar-refractivity contribution >= 4 is 11.9 Å². The van der Waals surface area contributed by atoms with E-state index < -0.39 is 0 Å². The van der Waals surface area contributed by atoms with E-state index in [-0.39, 0.29) is 11.9 Å². The maximum absolute atomic E-state index is 12.1. The fraction of sp³-hybridized carbons (Fsp3) is 0.529. The van der Waals surface area contributed by atoms with Gasteiger partial charge in [-0.05, 0) is 12.5 Å². The van der Waals surface area contributed by atoms with Crippen LogP contribution in [0.2, 0.25) is 0 Å². The zero-order valence-corrected chi connectivity index (χ0v) is 14.5. The van der Waals surface area contributed by atoms with Crippen LogP contribution in [0.25, 0.3) is 0 Å². The molecule has 0 radical (unpaired) electrons. The first kappa shape index (κ1) is 19.0. The number of hydrogen-bond acceptors (Lipinski definition) is 3. The van der Waals surface area contributed by atoms with Crippen molar-refractivity contribution in [2.75, 3.05) is 34.4 Å². The van der Waals surface area contributed by atoms with Crippen LogP contribution in [-0.4, -0.2) is 57.2 Å². The first-order valence-corrected chi connectivity index (χ1v) is 7.80. The van der Waals surface area contributed by atoms with Gasteiger partial charge in [-0.15, -0.1) is 0 Å². The molecule has 1 aromatic rings. The van der Waals surface area contributed by atoms with Crippen LogP contribution in [0.4, 0.5) is 0 Å². The van der Waals surface area contributed by atoms with Crippen LogP contribution in [0, 0.1) is 0 Å². The van der Waals surface area contributed by atoms with Crippen molar-refractivity contribution in [3.63, 3.8) is 0 Å². The Balaban J connectivity index is 2.32. The molecule has 1 rings (SSSR count). The lowest BCUT2D eigenvalue weighted by atomic mass is 10.2. The van der Waals surface area contributed by atoms with Gasteiger partial charge in [0.15, 0.2) is 5.96 Å². The molecule has 0 heterocycles. The van der Waals surface area contributed by atoms with Gasteiger partial charge in [0, 0.05) is 46.8 Å². The topological polar surface area (TPSA) is 66.0 Å². The van der Waals surface area contributed by atoms with Gasteiger partial charge in [0.1, 0.15) is 0 Å². The number of hydrogen-bond donors (Lipinski definition) is 2. The highest BCUT2D eigenvalue weighted by molar-refractivity contribution is 5.81. The molecule has 0 saturated carbocycles. The lowest BCUT2D eigenvalue weighted by Crippen LogP contribution is -2.44. The molecule has 0 aromatic heterocycles. The summed E-state index contributed by atoms with van der Waals surface area (Å²) in [5.41, 5.74) is 1.13. The molecular formula is C17H28N4O2. The number of benzene rings is 1. The number of aliphatic imine (C=N–C) groups is 1. The predicted molar refractivity (Wildman–Crippen MR) is 93.4 cm³/mol. The average Bonchev–Trinajstić information content (AvgIpc) is 2.54. The highest BCUT2D eigenvalue weighted by atomic mass is 16.5. The fourth-order valence-corrected chi connectivity index (χ4v) is 2.14. The number of amides is 1. The van der Waals surface area contributed by atoms with Crippen LogP contribution in [0.5, 0.6) is 0 Å². The monoisotopic (exact) mass is 320 g/mol. The van der Waals surface area contributed by atoms with Crippen LogP contribution < -0.4 is 10.6 Å². The lowest BCUT2D eigenvalue weighted by molar-refractivity contribution is -0.130. The van der Waals surface area contributed by atoms with Gasteiger partial charge in [-0.2, -0.15) is 0 Å². The molecular weight excluding hydrogens is 292 g/mol. The second kappa shape index (κ2) is 10.6. The van der Waals surface area contributed by atoms with Gasteiger partial charge in [0.2, 0.25) is 5.91 Å². The zero-order chi connectivity index (χ0) is 17.1. The Kier molecular flexibility index (Phi) is 8.75. The quantitative estimate of drug-likeness (QED) is 0.559. The average molecular weight is 320 g/mol. The van der Waals surface area contributed by atoms with E-state index in [4.69, 9.17) is 4.74 Å². The summed E-state index contributed by atoms with van der Waals surface area (Å²) in [7, 11) is 5.19. The second-order valence-electron chi connectivity index (χ2n) is 5.49. The number of carbonyl (C=O) groups is 1. The van der Waals surface area contributed by atoms with Crippen LogP contribution in [-0.2, 0) is 16.1 Å². The van der Waals surface area contributed by atoms with Crippen molar-refractivity contribution < 1.29 is 9.53 Å². The molecule has 0 aliphatic heterocycles. The highest BCUT2D eigenvalue weighted by Crippen LogP contribution is 2.03. The Hall–Kier alpha value is -2.08. The summed E-state index contributed by atoms with van der Waals surface area (Å²) in [4.78, 5) is 18.0. The summed E-state index contributed by atoms with van der Waals surface area (Å²) < 4.78 is 5.07. The molecule has 1 atom stereocenters. The van der Waals surface area contributed by atoms with Crippen LogP contribution in [0.3, 0.4) is 0 Å². The summed E-state index contributed by atoms with van der Waals surface area (Å²) in [6.45, 7) is 3.77. The van der Waals surface area contributed by atoms with E-state index >= 15 is 0 Å². The van der Waals surface area contributed by atoms with Gasteiger partial charge in [0.05, 0.1) is 6.61 Å². The van der Waals surface area contributed by atoms with Crippen molar-refractivity contribution in [1.29, 1.82) is 0 Å². The first-order chi connectivity index (χ1) is 11.1. The molecule has 128 valence electrons. The van der Waals surface area contributed by atoms with Crippen molar-refractivity contribution in [2.24, 2.45) is 4.99 Å². The SMILES string of the molecule is CN=C(NCCC(=O)N(C)Cc1ccccc1)NC(C)COC. The highest BCUT2D eigenvalue weighted by Gasteiger charge is 2.10. The Morgan fingerprint density at radius 2 is 2.04 bits per heavy atom. The molecule has 1 unspecified atom stereocenters. The number of nitrogens with one attached hydrogen (secondary N) is 2. The normalized spacial score (nSPS) is 12.6. The third kappa shape index (κ3) is 7.65.